The molecule has 3 N–H and O–H groups in total. The first-order valence-corrected chi connectivity index (χ1v) is 12.2. The predicted molar refractivity (Wildman–Crippen MR) is 144 cm³/mol. The Morgan fingerprint density at radius 3 is 2.40 bits per heavy atom. The first-order valence-electron chi connectivity index (χ1n) is 11.4. The van der Waals surface area contributed by atoms with Crippen LogP contribution in [0.4, 0.5) is 17.1 Å². The third-order valence-electron chi connectivity index (χ3n) is 5.71. The van der Waals surface area contributed by atoms with Crippen molar-refractivity contribution in [3.63, 3.8) is 0 Å². The SMILES string of the molecule is CCN(CC)c1ccc2cc(C(=O)Nc3ccc(C)c(O)c3)/c(=N\Nc3ccc(Br)cc3)oc2c1. The minimum atomic E-state index is -0.400. The fourth-order valence-electron chi connectivity index (χ4n) is 3.66. The zero-order valence-corrected chi connectivity index (χ0v) is 21.4. The van der Waals surface area contributed by atoms with E-state index in [1.807, 2.05) is 42.5 Å². The van der Waals surface area contributed by atoms with Crippen molar-refractivity contribution in [3.8, 4) is 5.75 Å². The number of carbonyl (C=O) groups is 1. The van der Waals surface area contributed by atoms with Crippen molar-refractivity contribution < 1.29 is 14.3 Å². The summed E-state index contributed by atoms with van der Waals surface area (Å²) in [6.07, 6.45) is 0. The number of phenolic OH excluding ortho intramolecular Hbond substituents is 1. The second-order valence-corrected chi connectivity index (χ2v) is 8.96. The van der Waals surface area contributed by atoms with Crippen LogP contribution in [-0.4, -0.2) is 24.1 Å². The van der Waals surface area contributed by atoms with Crippen LogP contribution in [-0.2, 0) is 0 Å². The van der Waals surface area contributed by atoms with Gasteiger partial charge in [0.1, 0.15) is 16.9 Å². The number of fused-ring (bicyclic) bond motifs is 1. The van der Waals surface area contributed by atoms with Crippen LogP contribution in [0.15, 0.2) is 80.7 Å². The van der Waals surface area contributed by atoms with E-state index >= 15 is 0 Å². The number of hydrogen-bond acceptors (Lipinski definition) is 6. The first kappa shape index (κ1) is 24.3. The number of anilines is 3. The summed E-state index contributed by atoms with van der Waals surface area (Å²) in [5.74, 6) is -0.292. The number of aryl methyl sites for hydroxylation is 1. The Bertz CT molecular complexity index is 1430. The maximum Gasteiger partial charge on any atom is 0.261 e. The summed E-state index contributed by atoms with van der Waals surface area (Å²) in [6, 6.07) is 20.2. The molecule has 4 aromatic rings. The normalized spacial score (nSPS) is 11.5. The number of nitrogens with one attached hydrogen (secondary N) is 2. The van der Waals surface area contributed by atoms with Gasteiger partial charge in [-0.25, -0.2) is 0 Å². The van der Waals surface area contributed by atoms with Crippen molar-refractivity contribution in [2.45, 2.75) is 20.8 Å². The van der Waals surface area contributed by atoms with Crippen LogP contribution in [0.2, 0.25) is 0 Å². The van der Waals surface area contributed by atoms with Crippen LogP contribution in [0.1, 0.15) is 29.8 Å². The van der Waals surface area contributed by atoms with Crippen LogP contribution in [0, 0.1) is 6.92 Å². The molecule has 0 unspecified atom stereocenters. The molecule has 0 aliphatic heterocycles. The van der Waals surface area contributed by atoms with E-state index in [1.165, 1.54) is 6.07 Å². The number of phenols is 1. The van der Waals surface area contributed by atoms with Crippen LogP contribution in [0.25, 0.3) is 11.0 Å². The number of nitrogens with zero attached hydrogens (tertiary/aromatic N) is 2. The van der Waals surface area contributed by atoms with Gasteiger partial charge >= 0.3 is 0 Å². The average molecular weight is 535 g/mol. The van der Waals surface area contributed by atoms with Gasteiger partial charge in [-0.05, 0) is 74.9 Å². The number of halogens is 1. The zero-order chi connectivity index (χ0) is 24.9. The van der Waals surface area contributed by atoms with Gasteiger partial charge in [0, 0.05) is 46.5 Å². The monoisotopic (exact) mass is 534 g/mol. The van der Waals surface area contributed by atoms with E-state index in [2.05, 4.69) is 50.5 Å². The molecule has 1 heterocycles. The highest BCUT2D eigenvalue weighted by Gasteiger charge is 2.15. The van der Waals surface area contributed by atoms with E-state index in [1.54, 1.807) is 25.1 Å². The molecular formula is C27H27BrN4O3. The smallest absolute Gasteiger partial charge is 0.261 e. The summed E-state index contributed by atoms with van der Waals surface area (Å²) in [6.45, 7) is 7.73. The molecule has 1 aromatic heterocycles. The van der Waals surface area contributed by atoms with E-state index in [9.17, 15) is 9.90 Å². The lowest BCUT2D eigenvalue weighted by atomic mass is 10.1. The number of aromatic hydroxyl groups is 1. The molecule has 3 aromatic carbocycles. The molecule has 0 bridgehead atoms. The minimum absolute atomic E-state index is 0.108. The Labute approximate surface area is 212 Å². The van der Waals surface area contributed by atoms with Gasteiger partial charge in [0.2, 0.25) is 5.55 Å². The van der Waals surface area contributed by atoms with Crippen molar-refractivity contribution in [2.24, 2.45) is 5.10 Å². The number of rotatable bonds is 7. The predicted octanol–water partition coefficient (Wildman–Crippen LogP) is 6.24. The molecular weight excluding hydrogens is 508 g/mol. The summed E-state index contributed by atoms with van der Waals surface area (Å²) in [7, 11) is 0. The quantitative estimate of drug-likeness (QED) is 0.244. The van der Waals surface area contributed by atoms with E-state index in [-0.39, 0.29) is 16.9 Å². The molecule has 1 amide bonds. The number of amides is 1. The Morgan fingerprint density at radius 2 is 1.71 bits per heavy atom. The van der Waals surface area contributed by atoms with Gasteiger partial charge in [-0.15, -0.1) is 5.10 Å². The van der Waals surface area contributed by atoms with Gasteiger partial charge in [0.15, 0.2) is 0 Å². The van der Waals surface area contributed by atoms with Gasteiger partial charge in [-0.2, -0.15) is 0 Å². The van der Waals surface area contributed by atoms with Gasteiger partial charge in [0.25, 0.3) is 5.91 Å². The standard InChI is InChI=1S/C27H27BrN4O3/c1-4-32(5-2)22-13-7-18-14-23(26(34)29-21-10-6-17(3)24(33)15-21)27(35-25(18)16-22)31-30-20-11-8-19(28)9-12-20/h6-16,30,33H,4-5H2,1-3H3,(H,29,34)/b31-27+. The molecule has 35 heavy (non-hydrogen) atoms. The van der Waals surface area contributed by atoms with E-state index < -0.39 is 5.91 Å². The van der Waals surface area contributed by atoms with E-state index in [4.69, 9.17) is 4.42 Å². The van der Waals surface area contributed by atoms with Crippen LogP contribution in [0.5, 0.6) is 5.75 Å². The van der Waals surface area contributed by atoms with E-state index in [0.717, 1.165) is 39.9 Å². The molecule has 0 fully saturated rings. The van der Waals surface area contributed by atoms with Crippen molar-refractivity contribution in [1.29, 1.82) is 0 Å². The Morgan fingerprint density at radius 1 is 1.00 bits per heavy atom. The third kappa shape index (κ3) is 5.66. The summed E-state index contributed by atoms with van der Waals surface area (Å²) in [4.78, 5) is 15.5. The zero-order valence-electron chi connectivity index (χ0n) is 19.8. The van der Waals surface area contributed by atoms with Crippen LogP contribution < -0.4 is 21.2 Å². The molecule has 0 saturated carbocycles. The lowest BCUT2D eigenvalue weighted by Gasteiger charge is -2.21. The second-order valence-electron chi connectivity index (χ2n) is 8.05. The van der Waals surface area contributed by atoms with Gasteiger partial charge < -0.3 is 19.7 Å². The minimum Gasteiger partial charge on any atom is -0.508 e. The highest BCUT2D eigenvalue weighted by atomic mass is 79.9. The largest absolute Gasteiger partial charge is 0.508 e. The Balaban J connectivity index is 1.78. The highest BCUT2D eigenvalue weighted by molar-refractivity contribution is 9.10. The molecule has 0 spiro atoms. The molecule has 0 aliphatic rings. The molecule has 7 nitrogen and oxygen atoms in total. The second kappa shape index (κ2) is 10.7. The molecule has 0 atom stereocenters. The molecule has 4 rings (SSSR count). The van der Waals surface area contributed by atoms with Crippen molar-refractivity contribution in [3.05, 3.63) is 87.9 Å². The third-order valence-corrected chi connectivity index (χ3v) is 6.23. The average Bonchev–Trinajstić information content (AvgIpc) is 2.86. The molecule has 0 saturated heterocycles. The molecule has 0 radical (unpaired) electrons. The Hall–Kier alpha value is -3.78. The van der Waals surface area contributed by atoms with Crippen molar-refractivity contribution in [2.75, 3.05) is 28.7 Å². The fourth-order valence-corrected chi connectivity index (χ4v) is 3.93. The lowest BCUT2D eigenvalue weighted by Crippen LogP contribution is -2.23. The lowest BCUT2D eigenvalue weighted by molar-refractivity contribution is 0.102. The topological polar surface area (TPSA) is 90.1 Å². The molecule has 0 aliphatic carbocycles. The van der Waals surface area contributed by atoms with Crippen molar-refractivity contribution in [1.82, 2.24) is 0 Å². The maximum absolute atomic E-state index is 13.2. The Kier molecular flexibility index (Phi) is 7.41. The molecule has 180 valence electrons. The first-order chi connectivity index (χ1) is 16.9. The number of carbonyl (C=O) groups excluding carboxylic acids is 1. The number of benzene rings is 3. The van der Waals surface area contributed by atoms with Gasteiger partial charge in [0.05, 0.1) is 5.69 Å². The van der Waals surface area contributed by atoms with Crippen LogP contribution >= 0.6 is 15.9 Å². The van der Waals surface area contributed by atoms with Crippen molar-refractivity contribution >= 4 is 49.9 Å². The van der Waals surface area contributed by atoms with Gasteiger partial charge in [-0.3, -0.25) is 10.2 Å². The molecule has 8 heteroatoms. The summed E-state index contributed by atoms with van der Waals surface area (Å²) < 4.78 is 7.09. The summed E-state index contributed by atoms with van der Waals surface area (Å²) in [5, 5.41) is 18.0. The van der Waals surface area contributed by atoms with Gasteiger partial charge in [-0.1, -0.05) is 22.0 Å². The number of hydrogen-bond donors (Lipinski definition) is 3. The van der Waals surface area contributed by atoms with Crippen LogP contribution in [0.3, 0.4) is 0 Å². The maximum atomic E-state index is 13.2. The van der Waals surface area contributed by atoms with E-state index in [0.29, 0.717) is 11.3 Å². The summed E-state index contributed by atoms with van der Waals surface area (Å²) in [5.41, 5.74) is 6.97. The fraction of sp³-hybridized carbons (Fsp3) is 0.185. The highest BCUT2D eigenvalue weighted by Crippen LogP contribution is 2.24. The summed E-state index contributed by atoms with van der Waals surface area (Å²) >= 11 is 3.42.